The monoisotopic (exact) mass is 324 g/mol. The number of hydrogen-bond donors (Lipinski definition) is 0. The van der Waals surface area contributed by atoms with Crippen LogP contribution in [0.1, 0.15) is 41.0 Å². The summed E-state index contributed by atoms with van der Waals surface area (Å²) < 4.78 is 22.8. The Bertz CT molecular complexity index is 424. The smallest absolute Gasteiger partial charge is 0.304 e. The molecule has 1 atom stereocenters. The van der Waals surface area contributed by atoms with Gasteiger partial charge in [0.25, 0.3) is 0 Å². The van der Waals surface area contributed by atoms with Crippen molar-refractivity contribution in [3.8, 4) is 0 Å². The van der Waals surface area contributed by atoms with Crippen molar-refractivity contribution in [2.24, 2.45) is 10.1 Å². The molecule has 0 bridgehead atoms. The Morgan fingerprint density at radius 1 is 1.47 bits per heavy atom. The summed E-state index contributed by atoms with van der Waals surface area (Å²) in [6.07, 6.45) is 0.907. The summed E-state index contributed by atoms with van der Waals surface area (Å²) in [6, 6.07) is 0. The predicted molar refractivity (Wildman–Crippen MR) is 85.3 cm³/mol. The SMILES string of the molecule is CCCSP(=O)(OCC)ON=C1SC(C)(C)N=C1C. The minimum Gasteiger partial charge on any atom is -0.304 e. The van der Waals surface area contributed by atoms with E-state index >= 15 is 0 Å². The lowest BCUT2D eigenvalue weighted by atomic mass is 10.4. The van der Waals surface area contributed by atoms with Crippen molar-refractivity contribution < 1.29 is 13.7 Å². The van der Waals surface area contributed by atoms with E-state index in [0.29, 0.717) is 17.4 Å². The zero-order valence-electron chi connectivity index (χ0n) is 12.0. The van der Waals surface area contributed by atoms with Gasteiger partial charge in [0, 0.05) is 5.75 Å². The van der Waals surface area contributed by atoms with Crippen molar-refractivity contribution in [1.82, 2.24) is 0 Å². The van der Waals surface area contributed by atoms with E-state index in [1.807, 2.05) is 27.7 Å². The third kappa shape index (κ3) is 5.50. The summed E-state index contributed by atoms with van der Waals surface area (Å²) >= 11 is 2.68. The van der Waals surface area contributed by atoms with Gasteiger partial charge in [-0.3, -0.25) is 9.52 Å². The van der Waals surface area contributed by atoms with E-state index in [0.717, 1.165) is 12.1 Å². The topological polar surface area (TPSA) is 60.2 Å². The zero-order valence-corrected chi connectivity index (χ0v) is 14.5. The van der Waals surface area contributed by atoms with Gasteiger partial charge in [-0.2, -0.15) is 0 Å². The molecule has 0 aromatic rings. The van der Waals surface area contributed by atoms with Gasteiger partial charge in [-0.15, -0.1) is 0 Å². The molecular weight excluding hydrogens is 303 g/mol. The fourth-order valence-electron chi connectivity index (χ4n) is 1.40. The van der Waals surface area contributed by atoms with Crippen molar-refractivity contribution in [3.05, 3.63) is 0 Å². The van der Waals surface area contributed by atoms with Gasteiger partial charge in [0.2, 0.25) is 0 Å². The minimum atomic E-state index is -3.20. The van der Waals surface area contributed by atoms with Crippen LogP contribution in [-0.2, 0) is 13.7 Å². The van der Waals surface area contributed by atoms with Gasteiger partial charge in [-0.25, -0.2) is 4.57 Å². The highest BCUT2D eigenvalue weighted by molar-refractivity contribution is 8.55. The molecule has 0 spiro atoms. The number of oxime groups is 1. The lowest BCUT2D eigenvalue weighted by molar-refractivity contribution is 0.237. The first-order valence-electron chi connectivity index (χ1n) is 6.23. The number of nitrogens with zero attached hydrogens (tertiary/aromatic N) is 2. The van der Waals surface area contributed by atoms with E-state index in [2.05, 4.69) is 10.1 Å². The molecule has 1 heterocycles. The lowest BCUT2D eigenvalue weighted by Gasteiger charge is -2.14. The molecule has 0 saturated heterocycles. The lowest BCUT2D eigenvalue weighted by Crippen LogP contribution is -2.06. The van der Waals surface area contributed by atoms with Crippen molar-refractivity contribution in [1.29, 1.82) is 0 Å². The van der Waals surface area contributed by atoms with E-state index in [4.69, 9.17) is 9.15 Å². The largest absolute Gasteiger partial charge is 0.459 e. The molecule has 0 saturated carbocycles. The second-order valence-corrected chi connectivity index (χ2v) is 10.1. The molecule has 0 aliphatic carbocycles. The summed E-state index contributed by atoms with van der Waals surface area (Å²) in [5.74, 6) is 0.716. The summed E-state index contributed by atoms with van der Waals surface area (Å²) in [5.41, 5.74) is 0.804. The summed E-state index contributed by atoms with van der Waals surface area (Å²) in [7, 11) is 0. The first kappa shape index (κ1) is 17.1. The van der Waals surface area contributed by atoms with Crippen LogP contribution in [0.3, 0.4) is 0 Å². The molecule has 19 heavy (non-hydrogen) atoms. The van der Waals surface area contributed by atoms with Crippen molar-refractivity contribution in [2.75, 3.05) is 12.4 Å². The fourth-order valence-corrected chi connectivity index (χ4v) is 5.45. The Morgan fingerprint density at radius 2 is 2.16 bits per heavy atom. The number of hydrogen-bond acceptors (Lipinski definition) is 7. The molecule has 0 N–H and O–H groups in total. The van der Waals surface area contributed by atoms with Crippen LogP contribution in [0.5, 0.6) is 0 Å². The molecule has 8 heteroatoms. The van der Waals surface area contributed by atoms with Crippen LogP contribution in [-0.4, -0.2) is 28.0 Å². The molecule has 0 fully saturated rings. The first-order chi connectivity index (χ1) is 8.82. The normalized spacial score (nSPS) is 23.2. The Morgan fingerprint density at radius 3 is 2.63 bits per heavy atom. The van der Waals surface area contributed by atoms with Crippen LogP contribution >= 0.6 is 29.9 Å². The molecule has 1 aliphatic rings. The third-order valence-corrected chi connectivity index (χ3v) is 6.99. The highest BCUT2D eigenvalue weighted by atomic mass is 32.7. The molecule has 1 aliphatic heterocycles. The van der Waals surface area contributed by atoms with Crippen LogP contribution in [0.4, 0.5) is 0 Å². The average Bonchev–Trinajstić information content (AvgIpc) is 2.58. The molecule has 0 aromatic carbocycles. The number of rotatable bonds is 7. The molecule has 110 valence electrons. The molecule has 0 amide bonds. The molecule has 1 unspecified atom stereocenters. The van der Waals surface area contributed by atoms with E-state index in [1.165, 1.54) is 23.1 Å². The Kier molecular flexibility index (Phi) is 6.43. The quantitative estimate of drug-likeness (QED) is 0.508. The van der Waals surface area contributed by atoms with Gasteiger partial charge < -0.3 is 4.62 Å². The molecule has 1 rings (SSSR count). The van der Waals surface area contributed by atoms with Gasteiger partial charge >= 0.3 is 6.80 Å². The molecule has 0 radical (unpaired) electrons. The highest BCUT2D eigenvalue weighted by Crippen LogP contribution is 2.61. The summed E-state index contributed by atoms with van der Waals surface area (Å²) in [4.78, 5) is 4.20. The third-order valence-electron chi connectivity index (χ3n) is 2.06. The maximum atomic E-state index is 12.4. The van der Waals surface area contributed by atoms with Crippen molar-refractivity contribution in [2.45, 2.75) is 45.9 Å². The Hall–Kier alpha value is 0.0300. The van der Waals surface area contributed by atoms with E-state index in [-0.39, 0.29) is 4.87 Å². The maximum Gasteiger partial charge on any atom is 0.459 e. The Labute approximate surface area is 123 Å². The van der Waals surface area contributed by atoms with Crippen LogP contribution in [0.15, 0.2) is 10.1 Å². The van der Waals surface area contributed by atoms with Gasteiger partial charge in [0.1, 0.15) is 4.87 Å². The maximum absolute atomic E-state index is 12.4. The van der Waals surface area contributed by atoms with Gasteiger partial charge in [0.05, 0.1) is 12.3 Å². The molecule has 5 nitrogen and oxygen atoms in total. The standard InChI is InChI=1S/C11H21N2O3PS2/c1-6-8-18-17(14,15-7-2)16-13-10-9(3)12-11(4,5)19-10/h6-8H2,1-5H3. The second kappa shape index (κ2) is 7.16. The van der Waals surface area contributed by atoms with Gasteiger partial charge in [0.15, 0.2) is 5.04 Å². The highest BCUT2D eigenvalue weighted by Gasteiger charge is 2.32. The van der Waals surface area contributed by atoms with E-state index in [9.17, 15) is 4.57 Å². The second-order valence-electron chi connectivity index (χ2n) is 4.42. The van der Waals surface area contributed by atoms with Crippen molar-refractivity contribution in [3.63, 3.8) is 0 Å². The number of thioether (sulfide) groups is 1. The predicted octanol–water partition coefficient (Wildman–Crippen LogP) is 4.55. The minimum absolute atomic E-state index is 0.238. The average molecular weight is 324 g/mol. The first-order valence-corrected chi connectivity index (χ1v) is 10.2. The zero-order chi connectivity index (χ0) is 14.5. The van der Waals surface area contributed by atoms with E-state index in [1.54, 1.807) is 6.92 Å². The summed E-state index contributed by atoms with van der Waals surface area (Å²) in [6.45, 7) is 6.81. The van der Waals surface area contributed by atoms with Crippen LogP contribution in [0.25, 0.3) is 0 Å². The van der Waals surface area contributed by atoms with Crippen LogP contribution < -0.4 is 0 Å². The Balaban J connectivity index is 2.72. The molecule has 0 aromatic heterocycles. The summed E-state index contributed by atoms with van der Waals surface area (Å²) in [5, 5.41) is 4.65. The van der Waals surface area contributed by atoms with Gasteiger partial charge in [-0.05, 0) is 45.5 Å². The molecular formula is C11H21N2O3PS2. The number of aliphatic imine (C=N–C) groups is 1. The van der Waals surface area contributed by atoms with Crippen LogP contribution in [0.2, 0.25) is 0 Å². The van der Waals surface area contributed by atoms with Crippen LogP contribution in [0, 0.1) is 0 Å². The van der Waals surface area contributed by atoms with Crippen molar-refractivity contribution >= 4 is 40.7 Å². The van der Waals surface area contributed by atoms with Gasteiger partial charge in [-0.1, -0.05) is 23.8 Å². The fraction of sp³-hybridized carbons (Fsp3) is 0.818. The van der Waals surface area contributed by atoms with E-state index < -0.39 is 6.80 Å².